The molecule has 116 valence electrons. The predicted molar refractivity (Wildman–Crippen MR) is 73.3 cm³/mol. The number of hydrogen-bond donors (Lipinski definition) is 0. The average Bonchev–Trinajstić information content (AvgIpc) is 2.44. The van der Waals surface area contributed by atoms with Gasteiger partial charge in [-0.2, -0.15) is 13.2 Å². The standard InChI is InChI=1S/C15H18F3NO2/c1-3-12-7-5-10-9-11(15(16,17)18)6-8-13(10)19(12)14(20)21-4-2/h6,8-9,12H,3-5,7H2,1-2H3. The number of nitrogens with zero attached hydrogens (tertiary/aromatic N) is 1. The van der Waals surface area contributed by atoms with E-state index < -0.39 is 17.8 Å². The molecule has 0 bridgehead atoms. The fraction of sp³-hybridized carbons (Fsp3) is 0.533. The van der Waals surface area contributed by atoms with Crippen molar-refractivity contribution >= 4 is 11.8 Å². The molecule has 1 heterocycles. The maximum absolute atomic E-state index is 12.8. The summed E-state index contributed by atoms with van der Waals surface area (Å²) in [5.41, 5.74) is 0.391. The van der Waals surface area contributed by atoms with Gasteiger partial charge in [0.15, 0.2) is 0 Å². The molecule has 0 fully saturated rings. The molecule has 0 aromatic heterocycles. The van der Waals surface area contributed by atoms with Gasteiger partial charge in [-0.05, 0) is 49.9 Å². The number of rotatable bonds is 2. The lowest BCUT2D eigenvalue weighted by Gasteiger charge is -2.36. The van der Waals surface area contributed by atoms with E-state index in [0.717, 1.165) is 18.6 Å². The minimum atomic E-state index is -4.37. The van der Waals surface area contributed by atoms with Crippen molar-refractivity contribution in [3.05, 3.63) is 29.3 Å². The smallest absolute Gasteiger partial charge is 0.416 e. The molecule has 1 aromatic carbocycles. The quantitative estimate of drug-likeness (QED) is 0.810. The van der Waals surface area contributed by atoms with Gasteiger partial charge in [0.1, 0.15) is 0 Å². The zero-order valence-corrected chi connectivity index (χ0v) is 12.0. The molecule has 2 rings (SSSR count). The molecule has 21 heavy (non-hydrogen) atoms. The van der Waals surface area contributed by atoms with E-state index in [9.17, 15) is 18.0 Å². The lowest BCUT2D eigenvalue weighted by atomic mass is 9.93. The maximum Gasteiger partial charge on any atom is 0.416 e. The van der Waals surface area contributed by atoms with Gasteiger partial charge in [-0.25, -0.2) is 4.79 Å². The van der Waals surface area contributed by atoms with Crippen LogP contribution in [-0.4, -0.2) is 18.7 Å². The van der Waals surface area contributed by atoms with Crippen LogP contribution in [0.15, 0.2) is 18.2 Å². The minimum absolute atomic E-state index is 0.0340. The highest BCUT2D eigenvalue weighted by atomic mass is 19.4. The SMILES string of the molecule is CCOC(=O)N1c2ccc(C(F)(F)F)cc2CCC1CC. The number of halogens is 3. The fourth-order valence-corrected chi connectivity index (χ4v) is 2.67. The molecule has 0 saturated carbocycles. The van der Waals surface area contributed by atoms with Gasteiger partial charge in [0.2, 0.25) is 0 Å². The number of benzene rings is 1. The van der Waals surface area contributed by atoms with Gasteiger partial charge in [0, 0.05) is 6.04 Å². The van der Waals surface area contributed by atoms with Crippen molar-refractivity contribution in [1.29, 1.82) is 0 Å². The second-order valence-electron chi connectivity index (χ2n) is 5.01. The van der Waals surface area contributed by atoms with Crippen LogP contribution in [0, 0.1) is 0 Å². The minimum Gasteiger partial charge on any atom is -0.449 e. The molecular weight excluding hydrogens is 283 g/mol. The van der Waals surface area contributed by atoms with Crippen LogP contribution in [0.2, 0.25) is 0 Å². The topological polar surface area (TPSA) is 29.5 Å². The molecule has 1 atom stereocenters. The Labute approximate surface area is 121 Å². The molecular formula is C15H18F3NO2. The summed E-state index contributed by atoms with van der Waals surface area (Å²) in [7, 11) is 0. The summed E-state index contributed by atoms with van der Waals surface area (Å²) >= 11 is 0. The zero-order valence-electron chi connectivity index (χ0n) is 12.0. The molecule has 3 nitrogen and oxygen atoms in total. The number of hydrogen-bond acceptors (Lipinski definition) is 2. The third-order valence-electron chi connectivity index (χ3n) is 3.71. The van der Waals surface area contributed by atoms with E-state index in [2.05, 4.69) is 0 Å². The summed E-state index contributed by atoms with van der Waals surface area (Å²) in [5.74, 6) is 0. The monoisotopic (exact) mass is 301 g/mol. The van der Waals surface area contributed by atoms with Crippen molar-refractivity contribution in [3.63, 3.8) is 0 Å². The van der Waals surface area contributed by atoms with Crippen molar-refractivity contribution in [2.24, 2.45) is 0 Å². The Kier molecular flexibility index (Phi) is 4.44. The van der Waals surface area contributed by atoms with Gasteiger partial charge in [0.05, 0.1) is 17.9 Å². The highest BCUT2D eigenvalue weighted by Crippen LogP contribution is 2.37. The number of amides is 1. The third-order valence-corrected chi connectivity index (χ3v) is 3.71. The number of carbonyl (C=O) groups is 1. The van der Waals surface area contributed by atoms with Crippen LogP contribution in [0.1, 0.15) is 37.8 Å². The van der Waals surface area contributed by atoms with Crippen molar-refractivity contribution < 1.29 is 22.7 Å². The highest BCUT2D eigenvalue weighted by molar-refractivity contribution is 5.90. The normalized spacial score (nSPS) is 18.3. The Bertz CT molecular complexity index is 528. The predicted octanol–water partition coefficient (Wildman–Crippen LogP) is 4.39. The number of alkyl halides is 3. The Morgan fingerprint density at radius 2 is 2.10 bits per heavy atom. The zero-order chi connectivity index (χ0) is 15.6. The van der Waals surface area contributed by atoms with Crippen LogP contribution >= 0.6 is 0 Å². The molecule has 1 amide bonds. The molecule has 1 unspecified atom stereocenters. The summed E-state index contributed by atoms with van der Waals surface area (Å²) < 4.78 is 43.3. The van der Waals surface area contributed by atoms with E-state index in [4.69, 9.17) is 4.74 Å². The van der Waals surface area contributed by atoms with Gasteiger partial charge in [-0.15, -0.1) is 0 Å². The van der Waals surface area contributed by atoms with Crippen LogP contribution < -0.4 is 4.90 Å². The van der Waals surface area contributed by atoms with Crippen molar-refractivity contribution in [3.8, 4) is 0 Å². The summed E-state index contributed by atoms with van der Waals surface area (Å²) in [6, 6.07) is 3.49. The van der Waals surface area contributed by atoms with Gasteiger partial charge in [-0.1, -0.05) is 6.92 Å². The Morgan fingerprint density at radius 1 is 1.38 bits per heavy atom. The largest absolute Gasteiger partial charge is 0.449 e. The van der Waals surface area contributed by atoms with E-state index in [1.54, 1.807) is 6.92 Å². The molecule has 1 aromatic rings. The summed E-state index contributed by atoms with van der Waals surface area (Å²) in [4.78, 5) is 13.6. The van der Waals surface area contributed by atoms with Gasteiger partial charge < -0.3 is 4.74 Å². The number of carbonyl (C=O) groups excluding carboxylic acids is 1. The first kappa shape index (κ1) is 15.7. The van der Waals surface area contributed by atoms with Crippen molar-refractivity contribution in [1.82, 2.24) is 0 Å². The molecule has 0 N–H and O–H groups in total. The average molecular weight is 301 g/mol. The molecule has 0 spiro atoms. The molecule has 1 aliphatic rings. The lowest BCUT2D eigenvalue weighted by molar-refractivity contribution is -0.137. The van der Waals surface area contributed by atoms with Gasteiger partial charge in [0.25, 0.3) is 0 Å². The second-order valence-corrected chi connectivity index (χ2v) is 5.01. The lowest BCUT2D eigenvalue weighted by Crippen LogP contribution is -2.43. The van der Waals surface area contributed by atoms with E-state index in [1.807, 2.05) is 6.92 Å². The van der Waals surface area contributed by atoms with Crippen molar-refractivity contribution in [2.75, 3.05) is 11.5 Å². The van der Waals surface area contributed by atoms with E-state index in [-0.39, 0.29) is 12.6 Å². The van der Waals surface area contributed by atoms with Gasteiger partial charge >= 0.3 is 12.3 Å². The number of fused-ring (bicyclic) bond motifs is 1. The van der Waals surface area contributed by atoms with E-state index >= 15 is 0 Å². The third kappa shape index (κ3) is 3.14. The summed E-state index contributed by atoms with van der Waals surface area (Å²) in [5, 5.41) is 0. The molecule has 0 saturated heterocycles. The van der Waals surface area contributed by atoms with E-state index in [0.29, 0.717) is 24.1 Å². The Balaban J connectivity index is 2.41. The van der Waals surface area contributed by atoms with Gasteiger partial charge in [-0.3, -0.25) is 4.90 Å². The van der Waals surface area contributed by atoms with E-state index in [1.165, 1.54) is 11.0 Å². The highest BCUT2D eigenvalue weighted by Gasteiger charge is 2.35. The molecule has 0 aliphatic carbocycles. The van der Waals surface area contributed by atoms with Crippen molar-refractivity contribution in [2.45, 2.75) is 45.3 Å². The fourth-order valence-electron chi connectivity index (χ4n) is 2.67. The van der Waals surface area contributed by atoms with Crippen LogP contribution in [0.25, 0.3) is 0 Å². The number of ether oxygens (including phenoxy) is 1. The first-order valence-electron chi connectivity index (χ1n) is 7.04. The van der Waals surface area contributed by atoms with Crippen LogP contribution in [0.5, 0.6) is 0 Å². The Morgan fingerprint density at radius 3 is 2.67 bits per heavy atom. The first-order valence-corrected chi connectivity index (χ1v) is 7.04. The molecule has 1 aliphatic heterocycles. The summed E-state index contributed by atoms with van der Waals surface area (Å²) in [6.45, 7) is 3.89. The number of anilines is 1. The first-order chi connectivity index (χ1) is 9.88. The van der Waals surface area contributed by atoms with Crippen LogP contribution in [0.3, 0.4) is 0 Å². The Hall–Kier alpha value is -1.72. The second kappa shape index (κ2) is 5.95. The molecule has 0 radical (unpaired) electrons. The maximum atomic E-state index is 12.8. The van der Waals surface area contributed by atoms with Crippen LogP contribution in [0.4, 0.5) is 23.7 Å². The van der Waals surface area contributed by atoms with Crippen LogP contribution in [-0.2, 0) is 17.3 Å². The number of aryl methyl sites for hydroxylation is 1. The summed E-state index contributed by atoms with van der Waals surface area (Å²) in [6.07, 6.45) is -2.95. The molecule has 6 heteroatoms.